The molecule has 1 N–H and O–H groups in total. The highest BCUT2D eigenvalue weighted by Gasteiger charge is 2.19. The summed E-state index contributed by atoms with van der Waals surface area (Å²) in [5.74, 6) is 0.687. The highest BCUT2D eigenvalue weighted by atomic mass is 32.2. The molecule has 5 aromatic rings. The lowest BCUT2D eigenvalue weighted by atomic mass is 10.2. The fraction of sp³-hybridized carbons (Fsp3) is 0.0800. The standard InChI is InChI=1S/C25H21N3O3S/c1-31-22-7-11-25-20(16-22)12-14-28(25)32(29,30)23-8-4-18(5-9-23)17-27-21-6-10-24-19(15-21)3-2-13-26-24/h2-16,27H,17H2,1H3. The van der Waals surface area contributed by atoms with Gasteiger partial charge in [0, 0.05) is 35.4 Å². The van der Waals surface area contributed by atoms with Crippen LogP contribution in [0.5, 0.6) is 5.75 Å². The van der Waals surface area contributed by atoms with Crippen LogP contribution in [0, 0.1) is 0 Å². The number of rotatable bonds is 6. The molecule has 0 saturated heterocycles. The summed E-state index contributed by atoms with van der Waals surface area (Å²) in [6, 6.07) is 24.0. The second-order valence-electron chi connectivity index (χ2n) is 7.45. The Morgan fingerprint density at radius 3 is 2.59 bits per heavy atom. The van der Waals surface area contributed by atoms with Gasteiger partial charge in [-0.05, 0) is 66.2 Å². The van der Waals surface area contributed by atoms with Crippen LogP contribution in [-0.4, -0.2) is 24.5 Å². The molecular formula is C25H21N3O3S. The van der Waals surface area contributed by atoms with Crippen LogP contribution in [0.3, 0.4) is 0 Å². The van der Waals surface area contributed by atoms with E-state index in [-0.39, 0.29) is 4.90 Å². The molecule has 2 heterocycles. The Morgan fingerprint density at radius 1 is 0.938 bits per heavy atom. The first-order chi connectivity index (χ1) is 15.5. The molecule has 5 rings (SSSR count). The molecular weight excluding hydrogens is 422 g/mol. The van der Waals surface area contributed by atoms with Gasteiger partial charge in [-0.3, -0.25) is 4.98 Å². The molecule has 160 valence electrons. The number of pyridine rings is 1. The van der Waals surface area contributed by atoms with Crippen LogP contribution in [0.25, 0.3) is 21.8 Å². The number of hydrogen-bond donors (Lipinski definition) is 1. The quantitative estimate of drug-likeness (QED) is 0.398. The molecule has 0 aliphatic rings. The Labute approximate surface area is 186 Å². The molecule has 0 aliphatic carbocycles. The lowest BCUT2D eigenvalue weighted by molar-refractivity contribution is 0.415. The summed E-state index contributed by atoms with van der Waals surface area (Å²) in [6.45, 7) is 0.582. The summed E-state index contributed by atoms with van der Waals surface area (Å²) in [7, 11) is -2.12. The molecule has 0 fully saturated rings. The average molecular weight is 444 g/mol. The van der Waals surface area contributed by atoms with Gasteiger partial charge >= 0.3 is 0 Å². The molecule has 0 bridgehead atoms. The minimum atomic E-state index is -3.70. The van der Waals surface area contributed by atoms with Crippen LogP contribution in [0.4, 0.5) is 5.69 Å². The van der Waals surface area contributed by atoms with Gasteiger partial charge in [-0.15, -0.1) is 0 Å². The Bertz CT molecular complexity index is 1520. The molecule has 3 aromatic carbocycles. The normalized spacial score (nSPS) is 11.7. The van der Waals surface area contributed by atoms with Gasteiger partial charge in [0.15, 0.2) is 0 Å². The first-order valence-corrected chi connectivity index (χ1v) is 11.6. The fourth-order valence-corrected chi connectivity index (χ4v) is 5.07. The van der Waals surface area contributed by atoms with Crippen molar-refractivity contribution in [3.63, 3.8) is 0 Å². The predicted molar refractivity (Wildman–Crippen MR) is 127 cm³/mol. The molecule has 0 atom stereocenters. The zero-order valence-electron chi connectivity index (χ0n) is 17.4. The van der Waals surface area contributed by atoms with Crippen molar-refractivity contribution in [3.05, 3.63) is 96.8 Å². The van der Waals surface area contributed by atoms with E-state index >= 15 is 0 Å². The molecule has 6 nitrogen and oxygen atoms in total. The first-order valence-electron chi connectivity index (χ1n) is 10.1. The minimum absolute atomic E-state index is 0.242. The minimum Gasteiger partial charge on any atom is -0.497 e. The van der Waals surface area contributed by atoms with Crippen LogP contribution < -0.4 is 10.1 Å². The summed E-state index contributed by atoms with van der Waals surface area (Å²) in [4.78, 5) is 4.57. The Hall–Kier alpha value is -3.84. The topological polar surface area (TPSA) is 73.2 Å². The third-order valence-electron chi connectivity index (χ3n) is 5.44. The summed E-state index contributed by atoms with van der Waals surface area (Å²) < 4.78 is 32.9. The van der Waals surface area contributed by atoms with Gasteiger partial charge < -0.3 is 10.1 Å². The van der Waals surface area contributed by atoms with Gasteiger partial charge in [-0.25, -0.2) is 12.4 Å². The van der Waals surface area contributed by atoms with E-state index in [1.165, 1.54) is 3.97 Å². The lowest BCUT2D eigenvalue weighted by Gasteiger charge is -2.10. The van der Waals surface area contributed by atoms with E-state index in [4.69, 9.17) is 4.74 Å². The van der Waals surface area contributed by atoms with Crippen LogP contribution in [-0.2, 0) is 16.6 Å². The zero-order chi connectivity index (χ0) is 22.1. The van der Waals surface area contributed by atoms with Crippen molar-refractivity contribution in [3.8, 4) is 5.75 Å². The van der Waals surface area contributed by atoms with Gasteiger partial charge in [0.05, 0.1) is 23.0 Å². The van der Waals surface area contributed by atoms with Gasteiger partial charge in [0.2, 0.25) is 0 Å². The number of nitrogens with one attached hydrogen (secondary N) is 1. The van der Waals surface area contributed by atoms with E-state index in [1.807, 2.05) is 48.5 Å². The number of hydrogen-bond acceptors (Lipinski definition) is 5. The lowest BCUT2D eigenvalue weighted by Crippen LogP contribution is -2.12. The third-order valence-corrected chi connectivity index (χ3v) is 7.15. The molecule has 2 aromatic heterocycles. The number of nitrogens with zero attached hydrogens (tertiary/aromatic N) is 2. The van der Waals surface area contributed by atoms with E-state index in [2.05, 4.69) is 10.3 Å². The maximum absolute atomic E-state index is 13.2. The number of benzene rings is 3. The van der Waals surface area contributed by atoms with Gasteiger partial charge in [0.1, 0.15) is 5.75 Å². The van der Waals surface area contributed by atoms with Crippen LogP contribution >= 0.6 is 0 Å². The molecule has 0 spiro atoms. The van der Waals surface area contributed by atoms with Crippen molar-refractivity contribution in [2.75, 3.05) is 12.4 Å². The van der Waals surface area contributed by atoms with Crippen LogP contribution in [0.1, 0.15) is 5.56 Å². The summed E-state index contributed by atoms with van der Waals surface area (Å²) in [5.41, 5.74) is 3.53. The maximum Gasteiger partial charge on any atom is 0.268 e. The Morgan fingerprint density at radius 2 is 1.78 bits per heavy atom. The van der Waals surface area contributed by atoms with Crippen molar-refractivity contribution < 1.29 is 13.2 Å². The summed E-state index contributed by atoms with van der Waals surface area (Å²) in [5, 5.41) is 5.25. The van der Waals surface area contributed by atoms with Gasteiger partial charge in [-0.1, -0.05) is 18.2 Å². The van der Waals surface area contributed by atoms with Gasteiger partial charge in [0.25, 0.3) is 10.0 Å². The highest BCUT2D eigenvalue weighted by molar-refractivity contribution is 7.90. The van der Waals surface area contributed by atoms with Crippen molar-refractivity contribution in [2.24, 2.45) is 0 Å². The Balaban J connectivity index is 1.35. The van der Waals surface area contributed by atoms with E-state index in [0.717, 1.165) is 27.5 Å². The SMILES string of the molecule is COc1ccc2c(ccn2S(=O)(=O)c2ccc(CNc3ccc4ncccc4c3)cc2)c1. The number of fused-ring (bicyclic) bond motifs is 2. The van der Waals surface area contributed by atoms with Crippen LogP contribution in [0.2, 0.25) is 0 Å². The molecule has 0 radical (unpaired) electrons. The monoisotopic (exact) mass is 443 g/mol. The van der Waals surface area contributed by atoms with E-state index < -0.39 is 10.0 Å². The van der Waals surface area contributed by atoms with Crippen molar-refractivity contribution in [1.82, 2.24) is 8.96 Å². The Kier molecular flexibility index (Phi) is 5.03. The van der Waals surface area contributed by atoms with Gasteiger partial charge in [-0.2, -0.15) is 0 Å². The number of aromatic nitrogens is 2. The van der Waals surface area contributed by atoms with E-state index in [9.17, 15) is 8.42 Å². The highest BCUT2D eigenvalue weighted by Crippen LogP contribution is 2.26. The average Bonchev–Trinajstić information content (AvgIpc) is 3.27. The summed E-state index contributed by atoms with van der Waals surface area (Å²) in [6.07, 6.45) is 3.35. The zero-order valence-corrected chi connectivity index (χ0v) is 18.2. The van der Waals surface area contributed by atoms with E-state index in [1.54, 1.807) is 49.8 Å². The molecule has 7 heteroatoms. The largest absolute Gasteiger partial charge is 0.497 e. The molecule has 0 aliphatic heterocycles. The number of anilines is 1. The molecule has 0 unspecified atom stereocenters. The van der Waals surface area contributed by atoms with Crippen molar-refractivity contribution in [2.45, 2.75) is 11.4 Å². The fourth-order valence-electron chi connectivity index (χ4n) is 3.71. The third kappa shape index (κ3) is 3.67. The second-order valence-corrected chi connectivity index (χ2v) is 9.26. The predicted octanol–water partition coefficient (Wildman–Crippen LogP) is 5.05. The van der Waals surface area contributed by atoms with Crippen molar-refractivity contribution in [1.29, 1.82) is 0 Å². The molecule has 32 heavy (non-hydrogen) atoms. The number of methoxy groups -OCH3 is 1. The smallest absolute Gasteiger partial charge is 0.268 e. The molecule has 0 saturated carbocycles. The first kappa shape index (κ1) is 20.1. The molecule has 0 amide bonds. The second kappa shape index (κ2) is 8.01. The van der Waals surface area contributed by atoms with E-state index in [0.29, 0.717) is 17.8 Å². The number of ether oxygens (including phenoxy) is 1. The van der Waals surface area contributed by atoms with Crippen LogP contribution in [0.15, 0.2) is 96.2 Å². The maximum atomic E-state index is 13.2. The summed E-state index contributed by atoms with van der Waals surface area (Å²) >= 11 is 0. The van der Waals surface area contributed by atoms with Crippen molar-refractivity contribution >= 4 is 37.5 Å².